The predicted octanol–water partition coefficient (Wildman–Crippen LogP) is 5.89. The molecule has 1 aromatic heterocycles. The summed E-state index contributed by atoms with van der Waals surface area (Å²) >= 11 is 1.18. The summed E-state index contributed by atoms with van der Waals surface area (Å²) in [7, 11) is 1.59. The second-order valence-electron chi connectivity index (χ2n) is 7.03. The van der Waals surface area contributed by atoms with Crippen molar-refractivity contribution in [3.63, 3.8) is 0 Å². The molecule has 0 fully saturated rings. The van der Waals surface area contributed by atoms with E-state index in [1.165, 1.54) is 11.8 Å². The number of benzene rings is 3. The number of allylic oxidation sites excluding steroid dienone is 1. The van der Waals surface area contributed by atoms with Crippen LogP contribution in [0.4, 0.5) is 11.4 Å². The molecule has 34 heavy (non-hydrogen) atoms. The first kappa shape index (κ1) is 23.0. The number of nitrogens with zero attached hydrogens (tertiary/aromatic N) is 3. The van der Waals surface area contributed by atoms with E-state index in [0.717, 1.165) is 22.6 Å². The van der Waals surface area contributed by atoms with Crippen LogP contribution in [0.15, 0.2) is 99.6 Å². The van der Waals surface area contributed by atoms with Gasteiger partial charge in [0, 0.05) is 17.5 Å². The minimum absolute atomic E-state index is 0.151. The number of nitrogens with one attached hydrogen (secondary N) is 1. The van der Waals surface area contributed by atoms with Gasteiger partial charge in [0.2, 0.25) is 11.8 Å². The number of hydrogen-bond acceptors (Lipinski definition) is 7. The Morgan fingerprint density at radius 1 is 1.03 bits per heavy atom. The number of amides is 1. The van der Waals surface area contributed by atoms with Crippen molar-refractivity contribution >= 4 is 41.3 Å². The van der Waals surface area contributed by atoms with Gasteiger partial charge >= 0.3 is 0 Å². The molecule has 8 heteroatoms. The molecule has 0 atom stereocenters. The average Bonchev–Trinajstić information content (AvgIpc) is 3.36. The molecule has 0 saturated carbocycles. The van der Waals surface area contributed by atoms with E-state index in [0.29, 0.717) is 16.8 Å². The van der Waals surface area contributed by atoms with Gasteiger partial charge in [-0.2, -0.15) is 0 Å². The monoisotopic (exact) mass is 470 g/mol. The summed E-state index contributed by atoms with van der Waals surface area (Å²) in [6, 6.07) is 24.6. The lowest BCUT2D eigenvalue weighted by Crippen LogP contribution is -2.13. The van der Waals surface area contributed by atoms with E-state index < -0.39 is 0 Å². The Morgan fingerprint density at radius 3 is 2.53 bits per heavy atom. The Hall–Kier alpha value is -4.17. The lowest BCUT2D eigenvalue weighted by Gasteiger charge is -2.05. The smallest absolute Gasteiger partial charge is 0.277 e. The fourth-order valence-corrected chi connectivity index (χ4v) is 3.48. The lowest BCUT2D eigenvalue weighted by atomic mass is 10.2. The molecule has 0 aliphatic carbocycles. The normalized spacial score (nSPS) is 11.2. The summed E-state index contributed by atoms with van der Waals surface area (Å²) in [6.07, 6.45) is 5.64. The van der Waals surface area contributed by atoms with Gasteiger partial charge in [-0.05, 0) is 60.2 Å². The van der Waals surface area contributed by atoms with E-state index in [1.807, 2.05) is 66.7 Å². The molecule has 0 saturated heterocycles. The standard InChI is InChI=1S/C26H22N4O3S/c1-32-23-15-13-22(14-16-23)28-24(31)18-34-26-30-29-25(33-26)20-9-11-21(12-10-20)27-17-5-8-19-6-3-2-4-7-19/h2-17H,18H2,1H3,(H,28,31)/b8-5+,27-17?. The van der Waals surface area contributed by atoms with Crippen LogP contribution in [0, 0.1) is 0 Å². The molecule has 0 aliphatic rings. The third kappa shape index (κ3) is 6.66. The van der Waals surface area contributed by atoms with Crippen molar-refractivity contribution in [3.8, 4) is 17.2 Å². The van der Waals surface area contributed by atoms with E-state index in [1.54, 1.807) is 37.6 Å². The SMILES string of the molecule is COc1ccc(NC(=O)CSc2nnc(-c3ccc(N=C/C=C/c4ccccc4)cc3)o2)cc1. The molecule has 0 radical (unpaired) electrons. The number of anilines is 1. The van der Waals surface area contributed by atoms with Gasteiger partial charge in [-0.15, -0.1) is 10.2 Å². The quantitative estimate of drug-likeness (QED) is 0.242. The molecular weight excluding hydrogens is 448 g/mol. The Bertz CT molecular complexity index is 1270. The highest BCUT2D eigenvalue weighted by atomic mass is 32.2. The van der Waals surface area contributed by atoms with E-state index in [2.05, 4.69) is 20.5 Å². The summed E-state index contributed by atoms with van der Waals surface area (Å²) in [4.78, 5) is 16.6. The highest BCUT2D eigenvalue weighted by molar-refractivity contribution is 7.99. The summed E-state index contributed by atoms with van der Waals surface area (Å²) < 4.78 is 10.8. The zero-order chi connectivity index (χ0) is 23.6. The summed E-state index contributed by atoms with van der Waals surface area (Å²) in [6.45, 7) is 0. The van der Waals surface area contributed by atoms with Gasteiger partial charge in [-0.3, -0.25) is 9.79 Å². The van der Waals surface area contributed by atoms with Crippen molar-refractivity contribution in [2.24, 2.45) is 4.99 Å². The molecule has 0 bridgehead atoms. The molecule has 1 N–H and O–H groups in total. The van der Waals surface area contributed by atoms with Crippen LogP contribution in [0.5, 0.6) is 5.75 Å². The maximum atomic E-state index is 12.2. The number of ether oxygens (including phenoxy) is 1. The largest absolute Gasteiger partial charge is 0.497 e. The number of methoxy groups -OCH3 is 1. The number of aromatic nitrogens is 2. The zero-order valence-corrected chi connectivity index (χ0v) is 19.2. The van der Waals surface area contributed by atoms with Crippen LogP contribution in [0.1, 0.15) is 5.56 Å². The molecular formula is C26H22N4O3S. The van der Waals surface area contributed by atoms with Crippen LogP contribution in [-0.2, 0) is 4.79 Å². The highest BCUT2D eigenvalue weighted by Gasteiger charge is 2.11. The van der Waals surface area contributed by atoms with Crippen molar-refractivity contribution < 1.29 is 13.9 Å². The van der Waals surface area contributed by atoms with Gasteiger partial charge in [0.05, 0.1) is 18.6 Å². The van der Waals surface area contributed by atoms with Gasteiger partial charge in [0.1, 0.15) is 5.75 Å². The van der Waals surface area contributed by atoms with Crippen LogP contribution >= 0.6 is 11.8 Å². The average molecular weight is 471 g/mol. The third-order valence-electron chi connectivity index (χ3n) is 4.62. The van der Waals surface area contributed by atoms with Crippen LogP contribution < -0.4 is 10.1 Å². The van der Waals surface area contributed by atoms with Crippen LogP contribution in [0.3, 0.4) is 0 Å². The minimum atomic E-state index is -0.168. The molecule has 3 aromatic carbocycles. The van der Waals surface area contributed by atoms with Crippen molar-refractivity contribution in [1.29, 1.82) is 0 Å². The number of rotatable bonds is 9. The fourth-order valence-electron chi connectivity index (χ4n) is 2.92. The fraction of sp³-hybridized carbons (Fsp3) is 0.0769. The van der Waals surface area contributed by atoms with Gasteiger partial charge in [0.25, 0.3) is 5.22 Å². The first-order valence-electron chi connectivity index (χ1n) is 10.5. The molecule has 0 aliphatic heterocycles. The number of carbonyl (C=O) groups excluding carboxylic acids is 1. The first-order valence-corrected chi connectivity index (χ1v) is 11.4. The second-order valence-corrected chi connectivity index (χ2v) is 7.96. The van der Waals surface area contributed by atoms with E-state index in [4.69, 9.17) is 9.15 Å². The van der Waals surface area contributed by atoms with Gasteiger partial charge in [-0.25, -0.2) is 0 Å². The summed E-state index contributed by atoms with van der Waals surface area (Å²) in [5.74, 6) is 1.10. The maximum Gasteiger partial charge on any atom is 0.277 e. The van der Waals surface area contributed by atoms with Crippen LogP contribution in [-0.4, -0.2) is 35.2 Å². The molecule has 1 amide bonds. The van der Waals surface area contributed by atoms with E-state index in [-0.39, 0.29) is 11.7 Å². The lowest BCUT2D eigenvalue weighted by molar-refractivity contribution is -0.113. The van der Waals surface area contributed by atoms with Crippen molar-refractivity contribution in [2.75, 3.05) is 18.2 Å². The number of carbonyl (C=O) groups is 1. The molecule has 0 spiro atoms. The van der Waals surface area contributed by atoms with Crippen molar-refractivity contribution in [3.05, 3.63) is 90.5 Å². The van der Waals surface area contributed by atoms with Gasteiger partial charge < -0.3 is 14.5 Å². The van der Waals surface area contributed by atoms with Crippen molar-refractivity contribution in [2.45, 2.75) is 5.22 Å². The Morgan fingerprint density at radius 2 is 1.79 bits per heavy atom. The molecule has 4 aromatic rings. The zero-order valence-electron chi connectivity index (χ0n) is 18.4. The first-order chi connectivity index (χ1) is 16.7. The van der Waals surface area contributed by atoms with E-state index >= 15 is 0 Å². The van der Waals surface area contributed by atoms with Crippen molar-refractivity contribution in [1.82, 2.24) is 10.2 Å². The predicted molar refractivity (Wildman–Crippen MR) is 136 cm³/mol. The number of thioether (sulfide) groups is 1. The molecule has 0 unspecified atom stereocenters. The van der Waals surface area contributed by atoms with Gasteiger partial charge in [0.15, 0.2) is 0 Å². The highest BCUT2D eigenvalue weighted by Crippen LogP contribution is 2.25. The van der Waals surface area contributed by atoms with E-state index in [9.17, 15) is 4.79 Å². The molecule has 170 valence electrons. The number of aliphatic imine (C=N–C) groups is 1. The Balaban J connectivity index is 1.28. The summed E-state index contributed by atoms with van der Waals surface area (Å²) in [5.41, 5.74) is 3.40. The second kappa shape index (κ2) is 11.6. The topological polar surface area (TPSA) is 89.6 Å². The van der Waals surface area contributed by atoms with Crippen LogP contribution in [0.2, 0.25) is 0 Å². The minimum Gasteiger partial charge on any atom is -0.497 e. The molecule has 4 rings (SSSR count). The number of hydrogen-bond donors (Lipinski definition) is 1. The third-order valence-corrected chi connectivity index (χ3v) is 5.44. The van der Waals surface area contributed by atoms with Gasteiger partial charge in [-0.1, -0.05) is 48.2 Å². The summed E-state index contributed by atoms with van der Waals surface area (Å²) in [5, 5.41) is 11.2. The Kier molecular flexibility index (Phi) is 7.86. The molecule has 7 nitrogen and oxygen atoms in total. The van der Waals surface area contributed by atoms with Crippen LogP contribution in [0.25, 0.3) is 17.5 Å². The maximum absolute atomic E-state index is 12.2. The Labute approximate surface area is 201 Å². The molecule has 1 heterocycles.